The van der Waals surface area contributed by atoms with Gasteiger partial charge in [0.15, 0.2) is 5.65 Å². The molecule has 0 radical (unpaired) electrons. The summed E-state index contributed by atoms with van der Waals surface area (Å²) in [7, 11) is 0. The fraction of sp³-hybridized carbons (Fsp3) is 0.400. The lowest BCUT2D eigenvalue weighted by molar-refractivity contribution is 0.0997. The van der Waals surface area contributed by atoms with Gasteiger partial charge < -0.3 is 16.0 Å². The summed E-state index contributed by atoms with van der Waals surface area (Å²) < 4.78 is 0. The zero-order chi connectivity index (χ0) is 20.9. The average Bonchev–Trinajstić information content (AvgIpc) is 3.37. The van der Waals surface area contributed by atoms with Crippen LogP contribution in [0.1, 0.15) is 29.8 Å². The van der Waals surface area contributed by atoms with Gasteiger partial charge in [-0.2, -0.15) is 10.1 Å². The summed E-state index contributed by atoms with van der Waals surface area (Å²) in [5.74, 6) is -0.151. The maximum atomic E-state index is 12.3. The van der Waals surface area contributed by atoms with Gasteiger partial charge in [0.05, 0.1) is 15.4 Å². The molecule has 4 heterocycles. The number of nitrogens with one attached hydrogen (secondary N) is 2. The maximum absolute atomic E-state index is 12.3. The van der Waals surface area contributed by atoms with Crippen molar-refractivity contribution in [1.82, 2.24) is 25.5 Å². The number of benzene rings is 1. The predicted molar refractivity (Wildman–Crippen MR) is 117 cm³/mol. The molecule has 5 rings (SSSR count). The van der Waals surface area contributed by atoms with E-state index in [9.17, 15) is 4.79 Å². The maximum Gasteiger partial charge on any atom is 0.268 e. The number of rotatable bonds is 3. The molecule has 0 unspecified atom stereocenters. The molecule has 1 amide bonds. The molecule has 2 aliphatic heterocycles. The zero-order valence-electron chi connectivity index (χ0n) is 16.2. The second kappa shape index (κ2) is 7.37. The Labute approximate surface area is 183 Å². The lowest BCUT2D eigenvalue weighted by atomic mass is 9.78. The molecule has 0 aliphatic carbocycles. The number of anilines is 1. The van der Waals surface area contributed by atoms with Crippen LogP contribution in [0.3, 0.4) is 0 Å². The number of carbonyl (C=O) groups is 1. The van der Waals surface area contributed by atoms with Crippen LogP contribution in [0, 0.1) is 5.41 Å². The third kappa shape index (κ3) is 3.19. The molecular formula is C20H21Cl2N7O. The van der Waals surface area contributed by atoms with Gasteiger partial charge in [-0.25, -0.2) is 4.98 Å². The fourth-order valence-corrected chi connectivity index (χ4v) is 4.91. The van der Waals surface area contributed by atoms with Crippen LogP contribution >= 0.6 is 23.2 Å². The Balaban J connectivity index is 1.55. The zero-order valence-corrected chi connectivity index (χ0v) is 17.7. The second-order valence-corrected chi connectivity index (χ2v) is 8.83. The highest BCUT2D eigenvalue weighted by Crippen LogP contribution is 2.39. The molecule has 0 atom stereocenters. The molecule has 10 heteroatoms. The molecule has 2 aliphatic rings. The van der Waals surface area contributed by atoms with Crippen molar-refractivity contribution in [3.63, 3.8) is 0 Å². The minimum atomic E-state index is -0.641. The number of aromatic nitrogens is 4. The van der Waals surface area contributed by atoms with Crippen molar-refractivity contribution in [1.29, 1.82) is 0 Å². The van der Waals surface area contributed by atoms with Crippen molar-refractivity contribution in [2.24, 2.45) is 11.1 Å². The van der Waals surface area contributed by atoms with Gasteiger partial charge >= 0.3 is 0 Å². The number of nitrogens with two attached hydrogens (primary N) is 1. The fourth-order valence-electron chi connectivity index (χ4n) is 4.52. The predicted octanol–water partition coefficient (Wildman–Crippen LogP) is 3.01. The van der Waals surface area contributed by atoms with E-state index in [4.69, 9.17) is 28.9 Å². The molecule has 0 bridgehead atoms. The first-order valence-electron chi connectivity index (χ1n) is 9.93. The standard InChI is InChI=1S/C20H21Cl2N7O/c21-12-3-1-2-11(14(12)22)15-13-16(17(23)30)25-19(26-18(13)28-27-15)29-8-5-20(6-9-29)4-7-24-10-20/h1-3,24H,4-10H2,(H2,23,30)(H,25,26,27,28). The van der Waals surface area contributed by atoms with E-state index in [1.807, 2.05) is 0 Å². The Kier molecular flexibility index (Phi) is 4.80. The Bertz CT molecular complexity index is 1130. The van der Waals surface area contributed by atoms with Gasteiger partial charge in [-0.05, 0) is 37.3 Å². The number of nitrogens with zero attached hydrogens (tertiary/aromatic N) is 4. The van der Waals surface area contributed by atoms with Gasteiger partial charge in [-0.1, -0.05) is 35.3 Å². The summed E-state index contributed by atoms with van der Waals surface area (Å²) in [6.45, 7) is 3.83. The Hall–Kier alpha value is -2.42. The average molecular weight is 446 g/mol. The third-order valence-electron chi connectivity index (χ3n) is 6.29. The van der Waals surface area contributed by atoms with Crippen LogP contribution in [0.25, 0.3) is 22.3 Å². The van der Waals surface area contributed by atoms with Crippen molar-refractivity contribution in [3.05, 3.63) is 33.9 Å². The summed E-state index contributed by atoms with van der Waals surface area (Å²) >= 11 is 12.5. The Morgan fingerprint density at radius 1 is 1.17 bits per heavy atom. The van der Waals surface area contributed by atoms with Crippen LogP contribution in [0.2, 0.25) is 10.0 Å². The molecule has 2 saturated heterocycles. The number of fused-ring (bicyclic) bond motifs is 1. The van der Waals surface area contributed by atoms with Crippen LogP contribution < -0.4 is 16.0 Å². The number of primary amides is 1. The highest BCUT2D eigenvalue weighted by atomic mass is 35.5. The number of carbonyl (C=O) groups excluding carboxylic acids is 1. The molecular weight excluding hydrogens is 425 g/mol. The lowest BCUT2D eigenvalue weighted by Gasteiger charge is -2.38. The van der Waals surface area contributed by atoms with Crippen LogP contribution in [-0.4, -0.2) is 52.3 Å². The largest absolute Gasteiger partial charge is 0.364 e. The second-order valence-electron chi connectivity index (χ2n) is 8.05. The van der Waals surface area contributed by atoms with Crippen molar-refractivity contribution >= 4 is 46.1 Å². The molecule has 3 aromatic rings. The van der Waals surface area contributed by atoms with Gasteiger partial charge in [0, 0.05) is 25.2 Å². The normalized spacial score (nSPS) is 18.4. The van der Waals surface area contributed by atoms with Gasteiger partial charge in [-0.3, -0.25) is 9.89 Å². The van der Waals surface area contributed by atoms with Gasteiger partial charge in [0.1, 0.15) is 11.4 Å². The van der Waals surface area contributed by atoms with Crippen LogP contribution in [0.15, 0.2) is 18.2 Å². The van der Waals surface area contributed by atoms with Crippen molar-refractivity contribution in [2.45, 2.75) is 19.3 Å². The van der Waals surface area contributed by atoms with Crippen LogP contribution in [0.5, 0.6) is 0 Å². The first-order chi connectivity index (χ1) is 14.5. The molecule has 2 fully saturated rings. The number of H-pyrrole nitrogens is 1. The lowest BCUT2D eigenvalue weighted by Crippen LogP contribution is -2.42. The Morgan fingerprint density at radius 3 is 2.67 bits per heavy atom. The minimum Gasteiger partial charge on any atom is -0.364 e. The monoisotopic (exact) mass is 445 g/mol. The van der Waals surface area contributed by atoms with Gasteiger partial charge in [0.2, 0.25) is 5.95 Å². The van der Waals surface area contributed by atoms with Crippen LogP contribution in [0.4, 0.5) is 5.95 Å². The Morgan fingerprint density at radius 2 is 1.97 bits per heavy atom. The summed E-state index contributed by atoms with van der Waals surface area (Å²) in [5, 5.41) is 11.9. The highest BCUT2D eigenvalue weighted by Gasteiger charge is 2.38. The number of halogens is 2. The van der Waals surface area contributed by atoms with E-state index in [1.54, 1.807) is 18.2 Å². The van der Waals surface area contributed by atoms with Crippen molar-refractivity contribution in [3.8, 4) is 11.3 Å². The number of piperidine rings is 1. The van der Waals surface area contributed by atoms with E-state index in [0.29, 0.717) is 43.7 Å². The van der Waals surface area contributed by atoms with Gasteiger partial charge in [0.25, 0.3) is 5.91 Å². The molecule has 2 aromatic heterocycles. The SMILES string of the molecule is NC(=O)c1nc(N2CCC3(CCNC3)CC2)nc2[nH]nc(-c3cccc(Cl)c3Cl)c12. The number of amides is 1. The van der Waals surface area contributed by atoms with E-state index in [0.717, 1.165) is 39.0 Å². The first-order valence-corrected chi connectivity index (χ1v) is 10.7. The van der Waals surface area contributed by atoms with E-state index in [-0.39, 0.29) is 5.69 Å². The molecule has 8 nitrogen and oxygen atoms in total. The van der Waals surface area contributed by atoms with Crippen molar-refractivity contribution < 1.29 is 4.79 Å². The smallest absolute Gasteiger partial charge is 0.268 e. The van der Waals surface area contributed by atoms with Gasteiger partial charge in [-0.15, -0.1) is 0 Å². The summed E-state index contributed by atoms with van der Waals surface area (Å²) in [6.07, 6.45) is 3.34. The van der Waals surface area contributed by atoms with E-state index in [1.165, 1.54) is 6.42 Å². The molecule has 0 saturated carbocycles. The molecule has 1 spiro atoms. The highest BCUT2D eigenvalue weighted by molar-refractivity contribution is 6.43. The summed E-state index contributed by atoms with van der Waals surface area (Å²) in [4.78, 5) is 23.6. The molecule has 30 heavy (non-hydrogen) atoms. The van der Waals surface area contributed by atoms with Crippen LogP contribution in [-0.2, 0) is 0 Å². The van der Waals surface area contributed by atoms with Crippen molar-refractivity contribution in [2.75, 3.05) is 31.1 Å². The summed E-state index contributed by atoms with van der Waals surface area (Å²) in [6, 6.07) is 5.24. The third-order valence-corrected chi connectivity index (χ3v) is 7.11. The number of hydrogen-bond acceptors (Lipinski definition) is 6. The molecule has 4 N–H and O–H groups in total. The quantitative estimate of drug-likeness (QED) is 0.570. The minimum absolute atomic E-state index is 0.123. The molecule has 1 aromatic carbocycles. The first kappa shape index (κ1) is 19.5. The number of hydrogen-bond donors (Lipinski definition) is 3. The van der Waals surface area contributed by atoms with E-state index < -0.39 is 5.91 Å². The molecule has 156 valence electrons. The summed E-state index contributed by atoms with van der Waals surface area (Å²) in [5.41, 5.74) is 7.67. The number of aromatic amines is 1. The van der Waals surface area contributed by atoms with E-state index >= 15 is 0 Å². The van der Waals surface area contributed by atoms with E-state index in [2.05, 4.69) is 30.4 Å². The topological polar surface area (TPSA) is 113 Å².